The molecule has 1 fully saturated rings. The van der Waals surface area contributed by atoms with Gasteiger partial charge in [0.05, 0.1) is 36.7 Å². The zero-order valence-electron chi connectivity index (χ0n) is 31.0. The summed E-state index contributed by atoms with van der Waals surface area (Å²) in [6.07, 6.45) is 4.91. The van der Waals surface area contributed by atoms with Crippen LogP contribution in [0.2, 0.25) is 0 Å². The molecule has 1 saturated heterocycles. The number of nitrogens with two attached hydrogens (primary N) is 1. The number of ether oxygens (including phenoxy) is 5. The first-order valence-corrected chi connectivity index (χ1v) is 26.3. The number of phosphoric acid groups is 3. The highest BCUT2D eigenvalue weighted by Crippen LogP contribution is 2.66. The normalized spacial score (nSPS) is 19.7. The molecule has 3 heterocycles. The minimum absolute atomic E-state index is 0.0664. The van der Waals surface area contributed by atoms with Gasteiger partial charge in [0.1, 0.15) is 42.0 Å². The Hall–Kier alpha value is -0.900. The van der Waals surface area contributed by atoms with E-state index in [0.29, 0.717) is 42.2 Å². The maximum absolute atomic E-state index is 12.4. The molecule has 2 unspecified atom stereocenters. The van der Waals surface area contributed by atoms with Crippen LogP contribution in [0.15, 0.2) is 12.5 Å². The van der Waals surface area contributed by atoms with E-state index in [9.17, 15) is 28.3 Å². The monoisotopic (exact) mass is 928 g/mol. The molecule has 6 N–H and O–H groups in total. The van der Waals surface area contributed by atoms with Gasteiger partial charge in [0.15, 0.2) is 0 Å². The van der Waals surface area contributed by atoms with Gasteiger partial charge in [-0.2, -0.15) is 8.62 Å². The second-order valence-electron chi connectivity index (χ2n) is 12.2. The molecule has 0 spiro atoms. The van der Waals surface area contributed by atoms with Gasteiger partial charge in [-0.05, 0) is 39.4 Å². The molecule has 318 valence electrons. The van der Waals surface area contributed by atoms with E-state index in [1.165, 1.54) is 27.9 Å². The molecule has 0 saturated carbocycles. The van der Waals surface area contributed by atoms with Crippen LogP contribution in [0.5, 0.6) is 0 Å². The number of nitrogens with zero attached hydrogens (tertiary/aromatic N) is 3. The van der Waals surface area contributed by atoms with Crippen LogP contribution < -0.4 is 5.73 Å². The standard InChI is InChI=1S/C29H47N4O16P3S4/c1-29(2,11-14-42-3)56-55-19-43-12-7-8-13-44-25(34)10-6-5-9-21-16-33(28-26(21)27(30)31-18-32-28)24-15-22(45-20-54-53-4)23(47-24)17-46-51(38,39)49-52(40,41)48-50(35,36)37/h16,18,22-24H,6-8,10-15,17,19-20H2,1-4H3,(H,38,39)(H,40,41)(H2,30,31,32)(H2,35,36,37)/t22-,23+,24+/m0/s1. The summed E-state index contributed by atoms with van der Waals surface area (Å²) in [7, 11) is -8.78. The van der Waals surface area contributed by atoms with Crippen molar-refractivity contribution in [2.24, 2.45) is 0 Å². The molecule has 1 aliphatic heterocycles. The van der Waals surface area contributed by atoms with Gasteiger partial charge in [-0.3, -0.25) is 9.32 Å². The number of rotatable bonds is 26. The number of aromatic nitrogens is 3. The van der Waals surface area contributed by atoms with E-state index in [2.05, 4.69) is 44.3 Å². The fourth-order valence-electron chi connectivity index (χ4n) is 4.81. The van der Waals surface area contributed by atoms with E-state index < -0.39 is 48.5 Å². The molecule has 27 heteroatoms. The van der Waals surface area contributed by atoms with Crippen LogP contribution in [0.3, 0.4) is 0 Å². The lowest BCUT2D eigenvalue weighted by molar-refractivity contribution is -0.143. The van der Waals surface area contributed by atoms with Crippen molar-refractivity contribution in [2.75, 3.05) is 57.4 Å². The Bertz CT molecular complexity index is 1780. The molecule has 2 aromatic rings. The molecule has 0 radical (unpaired) electrons. The summed E-state index contributed by atoms with van der Waals surface area (Å²) < 4.78 is 77.4. The van der Waals surface area contributed by atoms with E-state index in [0.717, 1.165) is 12.8 Å². The second-order valence-corrected chi connectivity index (χ2v) is 22.1. The van der Waals surface area contributed by atoms with Crippen molar-refractivity contribution in [1.29, 1.82) is 0 Å². The lowest BCUT2D eigenvalue weighted by Crippen LogP contribution is -2.28. The SMILES string of the molecule is COCCC(C)(C)SSCOCCCCOC(=O)CCC#Cc1cn([C@H]2C[C@H](OCSSC)[C@@H](COP(=O)(O)OP(=O)(O)OP(=O)(O)O)O2)c2ncnc(N)c12. The topological polar surface area (TPSA) is 280 Å². The number of carbonyl (C=O) groups excluding carboxylic acids is 1. The minimum Gasteiger partial charge on any atom is -0.466 e. The minimum atomic E-state index is -5.71. The van der Waals surface area contributed by atoms with Gasteiger partial charge in [-0.1, -0.05) is 55.0 Å². The van der Waals surface area contributed by atoms with Gasteiger partial charge in [-0.15, -0.1) is 0 Å². The number of unbranched alkanes of at least 4 members (excludes halogenated alkanes) is 1. The average molecular weight is 929 g/mol. The predicted octanol–water partition coefficient (Wildman–Crippen LogP) is 5.62. The van der Waals surface area contributed by atoms with Crippen LogP contribution in [0.1, 0.15) is 64.2 Å². The third-order valence-corrected chi connectivity index (χ3v) is 15.6. The molecule has 56 heavy (non-hydrogen) atoms. The molecule has 3 rings (SSSR count). The fourth-order valence-corrected chi connectivity index (χ4v) is 10.9. The van der Waals surface area contributed by atoms with Crippen LogP contribution in [0.25, 0.3) is 11.0 Å². The molecule has 0 amide bonds. The number of anilines is 1. The number of methoxy groups -OCH3 is 1. The highest BCUT2D eigenvalue weighted by molar-refractivity contribution is 8.77. The maximum Gasteiger partial charge on any atom is 0.490 e. The van der Waals surface area contributed by atoms with E-state index >= 15 is 0 Å². The van der Waals surface area contributed by atoms with Crippen LogP contribution in [-0.2, 0) is 55.3 Å². The molecule has 0 bridgehead atoms. The van der Waals surface area contributed by atoms with Gasteiger partial charge in [0, 0.05) is 44.1 Å². The van der Waals surface area contributed by atoms with Crippen molar-refractivity contribution in [2.45, 2.75) is 75.6 Å². The number of nitrogen functional groups attached to an aromatic ring is 1. The summed E-state index contributed by atoms with van der Waals surface area (Å²) in [5.41, 5.74) is 6.99. The quantitative estimate of drug-likeness (QED) is 0.0191. The van der Waals surface area contributed by atoms with Gasteiger partial charge < -0.3 is 53.6 Å². The lowest BCUT2D eigenvalue weighted by atomic mass is 10.1. The van der Waals surface area contributed by atoms with Gasteiger partial charge >= 0.3 is 29.4 Å². The summed E-state index contributed by atoms with van der Waals surface area (Å²) in [5.74, 6) is 6.47. The molecule has 5 atom stereocenters. The second kappa shape index (κ2) is 23.8. The number of fused-ring (bicyclic) bond motifs is 1. The van der Waals surface area contributed by atoms with Crippen molar-refractivity contribution in [1.82, 2.24) is 14.5 Å². The Morgan fingerprint density at radius 3 is 2.54 bits per heavy atom. The lowest BCUT2D eigenvalue weighted by Gasteiger charge is -2.22. The molecular formula is C29H47N4O16P3S4. The number of hydrogen-bond acceptors (Lipinski definition) is 19. The Kier molecular flexibility index (Phi) is 21.0. The summed E-state index contributed by atoms with van der Waals surface area (Å²) in [6, 6.07) is 0. The maximum atomic E-state index is 12.4. The van der Waals surface area contributed by atoms with Gasteiger partial charge in [0.25, 0.3) is 0 Å². The summed E-state index contributed by atoms with van der Waals surface area (Å²) >= 11 is 0. The van der Waals surface area contributed by atoms with E-state index in [1.54, 1.807) is 39.5 Å². The van der Waals surface area contributed by atoms with E-state index in [-0.39, 0.29) is 48.3 Å². The van der Waals surface area contributed by atoms with Gasteiger partial charge in [0.2, 0.25) is 0 Å². The van der Waals surface area contributed by atoms with Crippen LogP contribution in [-0.4, -0.2) is 109 Å². The Balaban J connectivity index is 1.55. The number of carbonyl (C=O) groups is 1. The molecular weight excluding hydrogens is 882 g/mol. The summed E-state index contributed by atoms with van der Waals surface area (Å²) in [6.45, 7) is 5.17. The number of phosphoric ester groups is 1. The first-order chi connectivity index (χ1) is 26.4. The Morgan fingerprint density at radius 2 is 1.82 bits per heavy atom. The first-order valence-electron chi connectivity index (χ1n) is 16.7. The zero-order chi connectivity index (χ0) is 41.4. The first kappa shape index (κ1) is 49.5. The zero-order valence-corrected chi connectivity index (χ0v) is 36.9. The van der Waals surface area contributed by atoms with Crippen molar-refractivity contribution >= 4 is 89.5 Å². The highest BCUT2D eigenvalue weighted by Gasteiger charge is 2.43. The van der Waals surface area contributed by atoms with Crippen LogP contribution in [0, 0.1) is 11.8 Å². The van der Waals surface area contributed by atoms with Crippen molar-refractivity contribution in [3.63, 3.8) is 0 Å². The van der Waals surface area contributed by atoms with Gasteiger partial charge in [-0.25, -0.2) is 23.7 Å². The van der Waals surface area contributed by atoms with Crippen molar-refractivity contribution in [3.8, 4) is 11.8 Å². The third kappa shape index (κ3) is 18.2. The third-order valence-electron chi connectivity index (χ3n) is 7.34. The molecule has 2 aromatic heterocycles. The van der Waals surface area contributed by atoms with Crippen molar-refractivity contribution in [3.05, 3.63) is 18.1 Å². The largest absolute Gasteiger partial charge is 0.490 e. The summed E-state index contributed by atoms with van der Waals surface area (Å²) in [4.78, 5) is 57.7. The van der Waals surface area contributed by atoms with Crippen LogP contribution in [0.4, 0.5) is 5.82 Å². The number of esters is 1. The Labute approximate surface area is 340 Å². The smallest absolute Gasteiger partial charge is 0.466 e. The molecule has 0 aliphatic carbocycles. The number of hydrogen-bond donors (Lipinski definition) is 5. The average Bonchev–Trinajstić information content (AvgIpc) is 3.68. The van der Waals surface area contributed by atoms with Crippen molar-refractivity contribution < 1.29 is 74.9 Å². The molecule has 0 aromatic carbocycles. The predicted molar refractivity (Wildman–Crippen MR) is 214 cm³/mol. The van der Waals surface area contributed by atoms with Crippen LogP contribution >= 0.6 is 66.6 Å². The Morgan fingerprint density at radius 1 is 1.07 bits per heavy atom. The van der Waals surface area contributed by atoms with E-state index in [1.807, 2.05) is 6.26 Å². The highest BCUT2D eigenvalue weighted by atomic mass is 33.1. The van der Waals surface area contributed by atoms with E-state index in [4.69, 9.17) is 43.7 Å². The summed E-state index contributed by atoms with van der Waals surface area (Å²) in [5, 5.41) is 0.423. The molecule has 1 aliphatic rings. The molecule has 20 nitrogen and oxygen atoms in total. The fraction of sp³-hybridized carbons (Fsp3) is 0.690.